The molecule has 2 atom stereocenters. The first-order chi connectivity index (χ1) is 13.1. The first kappa shape index (κ1) is 17.7. The van der Waals surface area contributed by atoms with Crippen LogP contribution in [0.1, 0.15) is 23.6 Å². The number of thioether (sulfide) groups is 1. The number of carbonyl (C=O) groups excluding carboxylic acids is 2. The van der Waals surface area contributed by atoms with Crippen molar-refractivity contribution in [2.75, 3.05) is 5.75 Å². The van der Waals surface area contributed by atoms with E-state index in [9.17, 15) is 9.59 Å². The van der Waals surface area contributed by atoms with Gasteiger partial charge in [-0.2, -0.15) is 0 Å². The maximum Gasteiger partial charge on any atom is 0.330 e. The van der Waals surface area contributed by atoms with E-state index >= 15 is 0 Å². The molecule has 0 radical (unpaired) electrons. The van der Waals surface area contributed by atoms with Crippen molar-refractivity contribution in [3.63, 3.8) is 0 Å². The van der Waals surface area contributed by atoms with Gasteiger partial charge in [0, 0.05) is 12.7 Å². The van der Waals surface area contributed by atoms with Crippen LogP contribution in [0, 0.1) is 0 Å². The Bertz CT molecular complexity index is 964. The van der Waals surface area contributed by atoms with Crippen molar-refractivity contribution in [1.29, 1.82) is 0 Å². The average Bonchev–Trinajstić information content (AvgIpc) is 3.35. The summed E-state index contributed by atoms with van der Waals surface area (Å²) in [6.07, 6.45) is 1.57. The van der Waals surface area contributed by atoms with Crippen LogP contribution < -0.4 is 0 Å². The van der Waals surface area contributed by atoms with E-state index in [1.807, 2.05) is 48.5 Å². The minimum atomic E-state index is -0.613. The third-order valence-electron chi connectivity index (χ3n) is 4.67. The second-order valence-corrected chi connectivity index (χ2v) is 7.50. The van der Waals surface area contributed by atoms with Crippen LogP contribution in [0.2, 0.25) is 0 Å². The van der Waals surface area contributed by atoms with E-state index in [1.165, 1.54) is 18.7 Å². The molecule has 4 rings (SSSR count). The summed E-state index contributed by atoms with van der Waals surface area (Å²) in [5.41, 5.74) is 0.948. The van der Waals surface area contributed by atoms with Gasteiger partial charge in [0.05, 0.1) is 6.26 Å². The van der Waals surface area contributed by atoms with Gasteiger partial charge < -0.3 is 14.1 Å². The van der Waals surface area contributed by atoms with Gasteiger partial charge in [-0.15, -0.1) is 11.8 Å². The van der Waals surface area contributed by atoms with Crippen LogP contribution in [0.4, 0.5) is 0 Å². The molecular formula is C21H19NO4S. The predicted octanol–water partition coefficient (Wildman–Crippen LogP) is 4.14. The molecule has 1 aliphatic heterocycles. The Labute approximate surface area is 161 Å². The number of amides is 1. The third-order valence-corrected chi connectivity index (χ3v) is 5.96. The zero-order valence-electron chi connectivity index (χ0n) is 14.8. The molecule has 0 saturated carbocycles. The molecule has 6 heteroatoms. The van der Waals surface area contributed by atoms with Crippen molar-refractivity contribution in [2.45, 2.75) is 24.9 Å². The van der Waals surface area contributed by atoms with Gasteiger partial charge in [0.15, 0.2) is 0 Å². The Hall–Kier alpha value is -2.73. The molecule has 0 aliphatic carbocycles. The van der Waals surface area contributed by atoms with E-state index in [0.717, 1.165) is 16.3 Å². The molecule has 27 heavy (non-hydrogen) atoms. The minimum Gasteiger partial charge on any atom is -0.466 e. The number of fused-ring (bicyclic) bond motifs is 1. The number of nitrogens with zero attached hydrogens (tertiary/aromatic N) is 1. The second-order valence-electron chi connectivity index (χ2n) is 6.39. The van der Waals surface area contributed by atoms with Gasteiger partial charge in [-0.1, -0.05) is 42.5 Å². The fourth-order valence-corrected chi connectivity index (χ4v) is 4.80. The van der Waals surface area contributed by atoms with E-state index in [0.29, 0.717) is 11.5 Å². The number of esters is 1. The average molecular weight is 381 g/mol. The summed E-state index contributed by atoms with van der Waals surface area (Å²) >= 11 is 1.51. The van der Waals surface area contributed by atoms with Crippen LogP contribution >= 0.6 is 11.8 Å². The zero-order valence-corrected chi connectivity index (χ0v) is 15.6. The molecule has 2 aromatic carbocycles. The molecule has 138 valence electrons. The van der Waals surface area contributed by atoms with Gasteiger partial charge in [-0.25, -0.2) is 4.79 Å². The Kier molecular flexibility index (Phi) is 4.90. The molecule has 2 heterocycles. The van der Waals surface area contributed by atoms with Crippen LogP contribution in [-0.4, -0.2) is 28.6 Å². The number of benzene rings is 2. The van der Waals surface area contributed by atoms with Crippen molar-refractivity contribution in [3.8, 4) is 0 Å². The Balaban J connectivity index is 1.50. The van der Waals surface area contributed by atoms with Gasteiger partial charge in [0.25, 0.3) is 0 Å². The standard InChI is InChI=1S/C21H19NO4S/c1-14(23)22-18(13-27-20(22)19-10-5-11-25-19)21(24)26-12-16-8-4-7-15-6-2-3-9-17(15)16/h2-11,18,20H,12-13H2,1H3/t18-,20+/m0/s1. The number of hydrogen-bond donors (Lipinski definition) is 0. The Morgan fingerprint density at radius 2 is 1.96 bits per heavy atom. The molecule has 1 fully saturated rings. The fraction of sp³-hybridized carbons (Fsp3) is 0.238. The second kappa shape index (κ2) is 7.48. The highest BCUT2D eigenvalue weighted by Crippen LogP contribution is 2.41. The molecule has 1 saturated heterocycles. The van der Waals surface area contributed by atoms with Crippen molar-refractivity contribution in [2.24, 2.45) is 0 Å². The van der Waals surface area contributed by atoms with Crippen LogP contribution in [0.25, 0.3) is 10.8 Å². The van der Waals surface area contributed by atoms with Gasteiger partial charge >= 0.3 is 5.97 Å². The molecule has 0 unspecified atom stereocenters. The van der Waals surface area contributed by atoms with Gasteiger partial charge in [0.1, 0.15) is 23.8 Å². The van der Waals surface area contributed by atoms with E-state index in [-0.39, 0.29) is 23.9 Å². The van der Waals surface area contributed by atoms with Gasteiger partial charge in [-0.3, -0.25) is 4.79 Å². The van der Waals surface area contributed by atoms with E-state index in [1.54, 1.807) is 17.2 Å². The summed E-state index contributed by atoms with van der Waals surface area (Å²) in [5, 5.41) is 1.86. The Morgan fingerprint density at radius 1 is 1.15 bits per heavy atom. The molecule has 5 nitrogen and oxygen atoms in total. The van der Waals surface area contributed by atoms with E-state index in [4.69, 9.17) is 9.15 Å². The largest absolute Gasteiger partial charge is 0.466 e. The lowest BCUT2D eigenvalue weighted by atomic mass is 10.1. The maximum absolute atomic E-state index is 12.7. The zero-order chi connectivity index (χ0) is 18.8. The van der Waals surface area contributed by atoms with Crippen LogP contribution in [0.3, 0.4) is 0 Å². The highest BCUT2D eigenvalue weighted by molar-refractivity contribution is 7.99. The highest BCUT2D eigenvalue weighted by Gasteiger charge is 2.43. The maximum atomic E-state index is 12.7. The fourth-order valence-electron chi connectivity index (χ4n) is 3.39. The van der Waals surface area contributed by atoms with Gasteiger partial charge in [0.2, 0.25) is 5.91 Å². The molecule has 0 bridgehead atoms. The first-order valence-corrected chi connectivity index (χ1v) is 9.77. The van der Waals surface area contributed by atoms with Gasteiger partial charge in [-0.05, 0) is 28.5 Å². The summed E-state index contributed by atoms with van der Waals surface area (Å²) in [6, 6.07) is 16.9. The number of rotatable bonds is 4. The smallest absolute Gasteiger partial charge is 0.330 e. The number of hydrogen-bond acceptors (Lipinski definition) is 5. The predicted molar refractivity (Wildman–Crippen MR) is 104 cm³/mol. The molecule has 1 aliphatic rings. The topological polar surface area (TPSA) is 59.8 Å². The number of ether oxygens (including phenoxy) is 1. The van der Waals surface area contributed by atoms with Crippen LogP contribution in [0.5, 0.6) is 0 Å². The molecular weight excluding hydrogens is 362 g/mol. The summed E-state index contributed by atoms with van der Waals surface area (Å²) in [7, 11) is 0. The number of furan rings is 1. The number of carbonyl (C=O) groups is 2. The lowest BCUT2D eigenvalue weighted by Gasteiger charge is -2.25. The normalized spacial score (nSPS) is 19.4. The molecule has 0 N–H and O–H groups in total. The molecule has 3 aromatic rings. The summed E-state index contributed by atoms with van der Waals surface area (Å²) < 4.78 is 11.0. The third kappa shape index (κ3) is 3.45. The van der Waals surface area contributed by atoms with Crippen molar-refractivity contribution in [3.05, 3.63) is 72.2 Å². The van der Waals surface area contributed by atoms with Crippen LogP contribution in [-0.2, 0) is 20.9 Å². The minimum absolute atomic E-state index is 0.173. The quantitative estimate of drug-likeness (QED) is 0.636. The van der Waals surface area contributed by atoms with E-state index < -0.39 is 6.04 Å². The van der Waals surface area contributed by atoms with Crippen LogP contribution in [0.15, 0.2) is 65.3 Å². The molecule has 1 aromatic heterocycles. The van der Waals surface area contributed by atoms with Crippen molar-refractivity contribution >= 4 is 34.4 Å². The lowest BCUT2D eigenvalue weighted by molar-refractivity contribution is -0.154. The Morgan fingerprint density at radius 3 is 2.74 bits per heavy atom. The summed E-state index contributed by atoms with van der Waals surface area (Å²) in [6.45, 7) is 1.64. The first-order valence-electron chi connectivity index (χ1n) is 8.72. The molecule has 0 spiro atoms. The highest BCUT2D eigenvalue weighted by atomic mass is 32.2. The van der Waals surface area contributed by atoms with Crippen molar-refractivity contribution < 1.29 is 18.7 Å². The molecule has 1 amide bonds. The lowest BCUT2D eigenvalue weighted by Crippen LogP contribution is -2.42. The van der Waals surface area contributed by atoms with E-state index in [2.05, 4.69) is 0 Å². The SMILES string of the molecule is CC(=O)N1[C@@H](c2ccco2)SC[C@H]1C(=O)OCc1cccc2ccccc12. The summed E-state index contributed by atoms with van der Waals surface area (Å²) in [4.78, 5) is 26.5. The monoisotopic (exact) mass is 381 g/mol. The summed E-state index contributed by atoms with van der Waals surface area (Å²) in [5.74, 6) is 0.590. The van der Waals surface area contributed by atoms with Crippen molar-refractivity contribution in [1.82, 2.24) is 4.90 Å².